The number of ether oxygens (including phenoxy) is 1. The molecule has 8 heteroatoms. The topological polar surface area (TPSA) is 85.2 Å². The standard InChI is InChI=1S/C16H19ClN4O3/c1-10(22)19-11-4-5-13(17)12(8-11)16(23)20-14(9-24-3)15-6-7-18-21(15)2/h4-8,14H,9H2,1-3H3,(H,19,22)(H,20,23). The molecule has 0 aliphatic carbocycles. The lowest BCUT2D eigenvalue weighted by molar-refractivity contribution is -0.114. The van der Waals surface area contributed by atoms with Crippen molar-refractivity contribution in [2.75, 3.05) is 19.0 Å². The van der Waals surface area contributed by atoms with Crippen LogP contribution in [0.3, 0.4) is 0 Å². The van der Waals surface area contributed by atoms with Gasteiger partial charge in [0, 0.05) is 33.0 Å². The van der Waals surface area contributed by atoms with Gasteiger partial charge in [-0.25, -0.2) is 0 Å². The van der Waals surface area contributed by atoms with Crippen LogP contribution in [0.2, 0.25) is 5.02 Å². The summed E-state index contributed by atoms with van der Waals surface area (Å²) in [6.07, 6.45) is 1.65. The molecule has 7 nitrogen and oxygen atoms in total. The van der Waals surface area contributed by atoms with E-state index in [9.17, 15) is 9.59 Å². The SMILES string of the molecule is COCC(NC(=O)c1cc(NC(C)=O)ccc1Cl)c1ccnn1C. The first-order chi connectivity index (χ1) is 11.4. The molecule has 0 fully saturated rings. The zero-order chi connectivity index (χ0) is 17.7. The Morgan fingerprint density at radius 2 is 2.12 bits per heavy atom. The van der Waals surface area contributed by atoms with Crippen molar-refractivity contribution >= 4 is 29.1 Å². The zero-order valence-corrected chi connectivity index (χ0v) is 14.4. The van der Waals surface area contributed by atoms with Gasteiger partial charge < -0.3 is 15.4 Å². The molecular weight excluding hydrogens is 332 g/mol. The van der Waals surface area contributed by atoms with Crippen molar-refractivity contribution in [2.45, 2.75) is 13.0 Å². The minimum absolute atomic E-state index is 0.226. The van der Waals surface area contributed by atoms with Crippen LogP contribution in [-0.2, 0) is 16.6 Å². The van der Waals surface area contributed by atoms with Gasteiger partial charge in [-0.05, 0) is 24.3 Å². The van der Waals surface area contributed by atoms with Gasteiger partial charge in [-0.15, -0.1) is 0 Å². The van der Waals surface area contributed by atoms with Crippen molar-refractivity contribution in [1.29, 1.82) is 0 Å². The summed E-state index contributed by atoms with van der Waals surface area (Å²) in [5.74, 6) is -0.591. The first-order valence-electron chi connectivity index (χ1n) is 7.27. The highest BCUT2D eigenvalue weighted by atomic mass is 35.5. The number of aryl methyl sites for hydroxylation is 1. The van der Waals surface area contributed by atoms with E-state index < -0.39 is 0 Å². The van der Waals surface area contributed by atoms with Gasteiger partial charge in [0.25, 0.3) is 5.91 Å². The predicted molar refractivity (Wildman–Crippen MR) is 91.0 cm³/mol. The van der Waals surface area contributed by atoms with Gasteiger partial charge in [-0.1, -0.05) is 11.6 Å². The second-order valence-corrected chi connectivity index (χ2v) is 5.64. The first kappa shape index (κ1) is 18.0. The molecule has 0 aliphatic heterocycles. The number of hydrogen-bond donors (Lipinski definition) is 2. The molecular formula is C16H19ClN4O3. The lowest BCUT2D eigenvalue weighted by Gasteiger charge is -2.19. The van der Waals surface area contributed by atoms with Crippen LogP contribution in [0.15, 0.2) is 30.5 Å². The molecule has 0 saturated heterocycles. The van der Waals surface area contributed by atoms with Crippen molar-refractivity contribution in [3.63, 3.8) is 0 Å². The Labute approximate surface area is 144 Å². The van der Waals surface area contributed by atoms with E-state index in [1.165, 1.54) is 13.0 Å². The molecule has 1 aromatic carbocycles. The van der Waals surface area contributed by atoms with Crippen LogP contribution in [0.4, 0.5) is 5.69 Å². The van der Waals surface area contributed by atoms with Crippen LogP contribution in [-0.4, -0.2) is 35.3 Å². The van der Waals surface area contributed by atoms with Crippen molar-refractivity contribution in [2.24, 2.45) is 7.05 Å². The Morgan fingerprint density at radius 3 is 2.71 bits per heavy atom. The molecule has 2 N–H and O–H groups in total. The van der Waals surface area contributed by atoms with E-state index in [2.05, 4.69) is 15.7 Å². The molecule has 2 amide bonds. The molecule has 0 radical (unpaired) electrons. The van der Waals surface area contributed by atoms with E-state index in [4.69, 9.17) is 16.3 Å². The third-order valence-corrected chi connectivity index (χ3v) is 3.72. The Balaban J connectivity index is 2.23. The van der Waals surface area contributed by atoms with Crippen LogP contribution in [0.5, 0.6) is 0 Å². The van der Waals surface area contributed by atoms with Gasteiger partial charge in [0.1, 0.15) is 0 Å². The number of carbonyl (C=O) groups excluding carboxylic acids is 2. The summed E-state index contributed by atoms with van der Waals surface area (Å²) in [5, 5.41) is 9.90. The summed E-state index contributed by atoms with van der Waals surface area (Å²) in [4.78, 5) is 23.8. The van der Waals surface area contributed by atoms with Gasteiger partial charge in [0.05, 0.1) is 28.9 Å². The number of aromatic nitrogens is 2. The zero-order valence-electron chi connectivity index (χ0n) is 13.7. The largest absolute Gasteiger partial charge is 0.382 e. The number of carbonyl (C=O) groups is 2. The first-order valence-corrected chi connectivity index (χ1v) is 7.65. The number of anilines is 1. The lowest BCUT2D eigenvalue weighted by Crippen LogP contribution is -2.33. The van der Waals surface area contributed by atoms with Gasteiger partial charge in [0.2, 0.25) is 5.91 Å². The molecule has 2 aromatic rings. The van der Waals surface area contributed by atoms with Crippen LogP contribution in [0.1, 0.15) is 29.0 Å². The van der Waals surface area contributed by atoms with Gasteiger partial charge in [-0.2, -0.15) is 5.10 Å². The number of halogens is 1. The molecule has 24 heavy (non-hydrogen) atoms. The fraction of sp³-hybridized carbons (Fsp3) is 0.312. The van der Waals surface area contributed by atoms with Crippen molar-refractivity contribution in [1.82, 2.24) is 15.1 Å². The van der Waals surface area contributed by atoms with Crippen LogP contribution < -0.4 is 10.6 Å². The maximum Gasteiger partial charge on any atom is 0.253 e. The molecule has 1 unspecified atom stereocenters. The van der Waals surface area contributed by atoms with E-state index in [1.54, 1.807) is 43.2 Å². The molecule has 0 saturated carbocycles. The summed E-state index contributed by atoms with van der Waals surface area (Å²) in [5.41, 5.74) is 1.58. The average molecular weight is 351 g/mol. The molecule has 1 atom stereocenters. The van der Waals surface area contributed by atoms with E-state index in [0.29, 0.717) is 10.7 Å². The number of nitrogens with one attached hydrogen (secondary N) is 2. The molecule has 0 spiro atoms. The molecule has 1 heterocycles. The van der Waals surface area contributed by atoms with Gasteiger partial charge in [-0.3, -0.25) is 14.3 Å². The van der Waals surface area contributed by atoms with E-state index in [0.717, 1.165) is 5.69 Å². The number of rotatable bonds is 6. The highest BCUT2D eigenvalue weighted by Gasteiger charge is 2.20. The molecule has 0 bridgehead atoms. The molecule has 1 aromatic heterocycles. The number of amides is 2. The van der Waals surface area contributed by atoms with Crippen molar-refractivity contribution in [3.8, 4) is 0 Å². The second kappa shape index (κ2) is 7.94. The molecule has 128 valence electrons. The monoisotopic (exact) mass is 350 g/mol. The van der Waals surface area contributed by atoms with E-state index in [-0.39, 0.29) is 30.0 Å². The molecule has 2 rings (SSSR count). The highest BCUT2D eigenvalue weighted by molar-refractivity contribution is 6.34. The number of benzene rings is 1. The minimum Gasteiger partial charge on any atom is -0.382 e. The number of nitrogens with zero attached hydrogens (tertiary/aromatic N) is 2. The fourth-order valence-electron chi connectivity index (χ4n) is 2.31. The van der Waals surface area contributed by atoms with Crippen molar-refractivity contribution < 1.29 is 14.3 Å². The Bertz CT molecular complexity index is 745. The van der Waals surface area contributed by atoms with E-state index >= 15 is 0 Å². The number of methoxy groups -OCH3 is 1. The normalized spacial score (nSPS) is 11.8. The van der Waals surface area contributed by atoms with Crippen LogP contribution in [0, 0.1) is 0 Å². The third-order valence-electron chi connectivity index (χ3n) is 3.39. The van der Waals surface area contributed by atoms with Gasteiger partial charge >= 0.3 is 0 Å². The number of hydrogen-bond acceptors (Lipinski definition) is 4. The minimum atomic E-state index is -0.379. The third kappa shape index (κ3) is 4.33. The lowest BCUT2D eigenvalue weighted by atomic mass is 10.1. The highest BCUT2D eigenvalue weighted by Crippen LogP contribution is 2.22. The second-order valence-electron chi connectivity index (χ2n) is 5.24. The molecule has 0 aliphatic rings. The van der Waals surface area contributed by atoms with E-state index in [1.807, 2.05) is 0 Å². The summed E-state index contributed by atoms with van der Waals surface area (Å²) in [6, 6.07) is 6.16. The summed E-state index contributed by atoms with van der Waals surface area (Å²) < 4.78 is 6.85. The maximum absolute atomic E-state index is 12.6. The maximum atomic E-state index is 12.6. The smallest absolute Gasteiger partial charge is 0.253 e. The summed E-state index contributed by atoms with van der Waals surface area (Å²) in [6.45, 7) is 1.68. The average Bonchev–Trinajstić information content (AvgIpc) is 2.94. The van der Waals surface area contributed by atoms with Crippen LogP contribution in [0.25, 0.3) is 0 Å². The predicted octanol–water partition coefficient (Wildman–Crippen LogP) is 2.15. The van der Waals surface area contributed by atoms with Crippen molar-refractivity contribution in [3.05, 3.63) is 46.7 Å². The Morgan fingerprint density at radius 1 is 1.38 bits per heavy atom. The Hall–Kier alpha value is -2.38. The summed E-state index contributed by atoms with van der Waals surface area (Å²) >= 11 is 6.12. The quantitative estimate of drug-likeness (QED) is 0.836. The van der Waals surface area contributed by atoms with Gasteiger partial charge in [0.15, 0.2) is 0 Å². The summed E-state index contributed by atoms with van der Waals surface area (Å²) in [7, 11) is 3.34. The van der Waals surface area contributed by atoms with Crippen LogP contribution >= 0.6 is 11.6 Å². The Kier molecular flexibility index (Phi) is 5.94. The fourth-order valence-corrected chi connectivity index (χ4v) is 2.51.